The topological polar surface area (TPSA) is 58.2 Å². The van der Waals surface area contributed by atoms with Crippen molar-refractivity contribution in [2.24, 2.45) is 0 Å². The number of anilines is 1. The lowest BCUT2D eigenvalue weighted by molar-refractivity contribution is -0.122. The maximum Gasteiger partial charge on any atom is 0.247 e. The van der Waals surface area contributed by atoms with Crippen molar-refractivity contribution in [1.82, 2.24) is 5.32 Å². The summed E-state index contributed by atoms with van der Waals surface area (Å²) >= 11 is 8.96. The lowest BCUT2D eigenvalue weighted by Crippen LogP contribution is -2.37. The van der Waals surface area contributed by atoms with E-state index in [0.29, 0.717) is 23.0 Å². The van der Waals surface area contributed by atoms with Gasteiger partial charge in [-0.05, 0) is 34.5 Å². The number of halogens is 3. The molecule has 2 rings (SSSR count). The molecule has 1 atom stereocenters. The molecule has 1 fully saturated rings. The second kappa shape index (κ2) is 5.24. The van der Waals surface area contributed by atoms with E-state index in [4.69, 9.17) is 11.6 Å². The molecule has 2 N–H and O–H groups in total. The fourth-order valence-electron chi connectivity index (χ4n) is 1.68. The number of hydrogen-bond acceptors (Lipinski definition) is 2. The molecule has 0 radical (unpaired) electrons. The van der Waals surface area contributed by atoms with Crippen LogP contribution in [0.15, 0.2) is 16.6 Å². The van der Waals surface area contributed by atoms with Crippen LogP contribution in [0, 0.1) is 5.82 Å². The normalized spacial score (nSPS) is 18.6. The fourth-order valence-corrected chi connectivity index (χ4v) is 2.58. The Morgan fingerprint density at radius 3 is 2.83 bits per heavy atom. The first-order valence-corrected chi connectivity index (χ1v) is 6.39. The van der Waals surface area contributed by atoms with Gasteiger partial charge >= 0.3 is 0 Å². The average molecular weight is 336 g/mol. The maximum absolute atomic E-state index is 13.0. The number of carbonyl (C=O) groups excluding carboxylic acids is 2. The number of amides is 2. The molecule has 0 saturated carbocycles. The van der Waals surface area contributed by atoms with Crippen LogP contribution in [0.1, 0.15) is 12.8 Å². The van der Waals surface area contributed by atoms with Crippen molar-refractivity contribution in [1.29, 1.82) is 0 Å². The Balaban J connectivity index is 2.14. The molecule has 1 aromatic carbocycles. The molecular formula is C11H9BrClFN2O2. The monoisotopic (exact) mass is 334 g/mol. The zero-order valence-electron chi connectivity index (χ0n) is 9.10. The SMILES string of the molecule is O=C1CC[C@H](C(=O)Nc2c(Cl)cc(F)cc2Br)N1. The molecule has 2 amide bonds. The van der Waals surface area contributed by atoms with Crippen molar-refractivity contribution in [2.75, 3.05) is 5.32 Å². The predicted octanol–water partition coefficient (Wildman–Crippen LogP) is 2.46. The largest absolute Gasteiger partial charge is 0.344 e. The molecule has 1 saturated heterocycles. The second-order valence-corrected chi connectivity index (χ2v) is 5.15. The number of rotatable bonds is 2. The van der Waals surface area contributed by atoms with Crippen LogP contribution in [-0.4, -0.2) is 17.9 Å². The highest BCUT2D eigenvalue weighted by Gasteiger charge is 2.27. The van der Waals surface area contributed by atoms with Crippen molar-refractivity contribution in [2.45, 2.75) is 18.9 Å². The Kier molecular flexibility index (Phi) is 3.87. The van der Waals surface area contributed by atoms with Gasteiger partial charge in [0, 0.05) is 10.9 Å². The summed E-state index contributed by atoms with van der Waals surface area (Å²) in [6, 6.07) is 1.75. The van der Waals surface area contributed by atoms with E-state index in [-0.39, 0.29) is 16.8 Å². The minimum absolute atomic E-state index is 0.0968. The molecule has 1 heterocycles. The van der Waals surface area contributed by atoms with Crippen molar-refractivity contribution in [3.05, 3.63) is 27.4 Å². The van der Waals surface area contributed by atoms with E-state index in [2.05, 4.69) is 26.6 Å². The molecule has 0 unspecified atom stereocenters. The molecule has 1 aliphatic rings. The molecule has 1 aliphatic heterocycles. The molecular weight excluding hydrogens is 326 g/mol. The van der Waals surface area contributed by atoms with Crippen molar-refractivity contribution < 1.29 is 14.0 Å². The first-order chi connectivity index (χ1) is 8.47. The van der Waals surface area contributed by atoms with E-state index in [1.54, 1.807) is 0 Å². The van der Waals surface area contributed by atoms with Gasteiger partial charge in [-0.1, -0.05) is 11.6 Å². The van der Waals surface area contributed by atoms with E-state index in [1.807, 2.05) is 0 Å². The van der Waals surface area contributed by atoms with Crippen LogP contribution >= 0.6 is 27.5 Å². The van der Waals surface area contributed by atoms with Crippen LogP contribution in [0.4, 0.5) is 10.1 Å². The van der Waals surface area contributed by atoms with E-state index in [0.717, 1.165) is 6.07 Å². The number of hydrogen-bond donors (Lipinski definition) is 2. The summed E-state index contributed by atoms with van der Waals surface area (Å²) in [6.07, 6.45) is 0.775. The molecule has 96 valence electrons. The number of nitrogens with one attached hydrogen (secondary N) is 2. The summed E-state index contributed by atoms with van der Waals surface area (Å²) in [5, 5.41) is 5.21. The fraction of sp³-hybridized carbons (Fsp3) is 0.273. The van der Waals surface area contributed by atoms with Gasteiger partial charge in [-0.3, -0.25) is 9.59 Å². The summed E-state index contributed by atoms with van der Waals surface area (Å²) in [7, 11) is 0. The van der Waals surface area contributed by atoms with Gasteiger partial charge < -0.3 is 10.6 Å². The highest BCUT2D eigenvalue weighted by Crippen LogP contribution is 2.32. The maximum atomic E-state index is 13.0. The average Bonchev–Trinajstić information content (AvgIpc) is 2.70. The Morgan fingerprint density at radius 1 is 1.56 bits per heavy atom. The van der Waals surface area contributed by atoms with Crippen LogP contribution in [0.2, 0.25) is 5.02 Å². The van der Waals surface area contributed by atoms with E-state index in [1.165, 1.54) is 6.07 Å². The van der Waals surface area contributed by atoms with E-state index >= 15 is 0 Å². The molecule has 4 nitrogen and oxygen atoms in total. The summed E-state index contributed by atoms with van der Waals surface area (Å²) in [5.41, 5.74) is 0.296. The number of benzene rings is 1. The van der Waals surface area contributed by atoms with Gasteiger partial charge in [0.05, 0.1) is 10.7 Å². The van der Waals surface area contributed by atoms with Gasteiger partial charge in [-0.2, -0.15) is 0 Å². The van der Waals surface area contributed by atoms with Gasteiger partial charge in [-0.15, -0.1) is 0 Å². The number of carbonyl (C=O) groups is 2. The molecule has 0 aromatic heterocycles. The Hall–Kier alpha value is -1.14. The quantitative estimate of drug-likeness (QED) is 0.872. The summed E-state index contributed by atoms with van der Waals surface area (Å²) in [4.78, 5) is 22.9. The Bertz CT molecular complexity index is 501. The van der Waals surface area contributed by atoms with Gasteiger partial charge in [0.15, 0.2) is 0 Å². The van der Waals surface area contributed by atoms with Crippen LogP contribution in [0.3, 0.4) is 0 Å². The van der Waals surface area contributed by atoms with Crippen LogP contribution < -0.4 is 10.6 Å². The van der Waals surface area contributed by atoms with Crippen LogP contribution in [0.5, 0.6) is 0 Å². The summed E-state index contributed by atoms with van der Waals surface area (Å²) in [6.45, 7) is 0. The van der Waals surface area contributed by atoms with Gasteiger partial charge in [-0.25, -0.2) is 4.39 Å². The van der Waals surface area contributed by atoms with Crippen LogP contribution in [0.25, 0.3) is 0 Å². The molecule has 1 aromatic rings. The molecule has 0 aliphatic carbocycles. The molecule has 0 bridgehead atoms. The highest BCUT2D eigenvalue weighted by molar-refractivity contribution is 9.10. The highest BCUT2D eigenvalue weighted by atomic mass is 79.9. The van der Waals surface area contributed by atoms with Crippen molar-refractivity contribution in [3.63, 3.8) is 0 Å². The van der Waals surface area contributed by atoms with Gasteiger partial charge in [0.2, 0.25) is 11.8 Å². The zero-order valence-corrected chi connectivity index (χ0v) is 11.4. The second-order valence-electron chi connectivity index (χ2n) is 3.89. The van der Waals surface area contributed by atoms with Gasteiger partial charge in [0.25, 0.3) is 0 Å². The Labute approximate surface area is 116 Å². The van der Waals surface area contributed by atoms with E-state index < -0.39 is 11.9 Å². The predicted molar refractivity (Wildman–Crippen MR) is 68.9 cm³/mol. The molecule has 0 spiro atoms. The Morgan fingerprint density at radius 2 is 2.28 bits per heavy atom. The van der Waals surface area contributed by atoms with Crippen molar-refractivity contribution >= 4 is 45.0 Å². The van der Waals surface area contributed by atoms with E-state index in [9.17, 15) is 14.0 Å². The third kappa shape index (κ3) is 2.81. The zero-order chi connectivity index (χ0) is 13.3. The molecule has 18 heavy (non-hydrogen) atoms. The summed E-state index contributed by atoms with van der Waals surface area (Å²) in [5.74, 6) is -1.02. The van der Waals surface area contributed by atoms with Crippen LogP contribution in [-0.2, 0) is 9.59 Å². The first-order valence-electron chi connectivity index (χ1n) is 5.22. The summed E-state index contributed by atoms with van der Waals surface area (Å²) < 4.78 is 13.4. The third-order valence-electron chi connectivity index (χ3n) is 2.57. The first kappa shape index (κ1) is 13.3. The smallest absolute Gasteiger partial charge is 0.247 e. The lowest BCUT2D eigenvalue weighted by atomic mass is 10.2. The lowest BCUT2D eigenvalue weighted by Gasteiger charge is -2.13. The minimum atomic E-state index is -0.564. The van der Waals surface area contributed by atoms with Gasteiger partial charge in [0.1, 0.15) is 11.9 Å². The standard InChI is InChI=1S/C11H9BrClFN2O2/c12-6-3-5(14)4-7(13)10(6)16-11(18)8-1-2-9(17)15-8/h3-4,8H,1-2H2,(H,15,17)(H,16,18)/t8-/m1/s1. The molecule has 7 heteroatoms. The third-order valence-corrected chi connectivity index (χ3v) is 3.49. The minimum Gasteiger partial charge on any atom is -0.344 e. The van der Waals surface area contributed by atoms with Crippen molar-refractivity contribution in [3.8, 4) is 0 Å².